The number of carbonyl (C=O) groups excluding carboxylic acids is 1. The molecule has 0 heterocycles. The number of carbonyl (C=O) groups is 1. The standard InChI is InChI=1S/C14H17F2N3O2/c15-14(16)18-12-6-9(2-4-11(12)7-17)8-1-3-10(5-8)13(20)19-21/h2,4,6-8,10,14,17-18,21H,1,3,5H2,(H,19,20)/t8-,10?/m0/s1. The van der Waals surface area contributed by atoms with Crippen LogP contribution in [-0.2, 0) is 4.79 Å². The summed E-state index contributed by atoms with van der Waals surface area (Å²) >= 11 is 0. The number of alkyl halides is 2. The molecule has 4 N–H and O–H groups in total. The molecule has 114 valence electrons. The van der Waals surface area contributed by atoms with Crippen LogP contribution in [0.5, 0.6) is 0 Å². The van der Waals surface area contributed by atoms with Crippen LogP contribution in [0.2, 0.25) is 0 Å². The van der Waals surface area contributed by atoms with Crippen molar-refractivity contribution in [3.8, 4) is 0 Å². The molecule has 1 fully saturated rings. The van der Waals surface area contributed by atoms with Crippen molar-refractivity contribution in [3.05, 3.63) is 29.3 Å². The zero-order valence-electron chi connectivity index (χ0n) is 11.3. The zero-order chi connectivity index (χ0) is 15.4. The molecule has 7 heteroatoms. The fourth-order valence-electron chi connectivity index (χ4n) is 2.81. The maximum atomic E-state index is 12.5. The van der Waals surface area contributed by atoms with E-state index in [0.29, 0.717) is 18.4 Å². The van der Waals surface area contributed by atoms with Crippen molar-refractivity contribution >= 4 is 17.8 Å². The molecule has 5 nitrogen and oxygen atoms in total. The van der Waals surface area contributed by atoms with Gasteiger partial charge in [0.25, 0.3) is 0 Å². The van der Waals surface area contributed by atoms with Crippen LogP contribution in [0.4, 0.5) is 14.5 Å². The van der Waals surface area contributed by atoms with Crippen LogP contribution in [0.3, 0.4) is 0 Å². The Kier molecular flexibility index (Phi) is 4.85. The molecule has 2 rings (SSSR count). The fourth-order valence-corrected chi connectivity index (χ4v) is 2.81. The van der Waals surface area contributed by atoms with Crippen LogP contribution in [0.15, 0.2) is 18.2 Å². The molecule has 1 aliphatic rings. The normalized spacial score (nSPS) is 21.3. The van der Waals surface area contributed by atoms with Crippen molar-refractivity contribution in [1.29, 1.82) is 5.41 Å². The summed E-state index contributed by atoms with van der Waals surface area (Å²) in [7, 11) is 0. The Hall–Kier alpha value is -2.02. The third-order valence-electron chi connectivity index (χ3n) is 3.88. The fraction of sp³-hybridized carbons (Fsp3) is 0.429. The van der Waals surface area contributed by atoms with Crippen LogP contribution in [0.25, 0.3) is 0 Å². The molecule has 0 saturated heterocycles. The lowest BCUT2D eigenvalue weighted by Crippen LogP contribution is -2.26. The number of hydrogen-bond donors (Lipinski definition) is 4. The highest BCUT2D eigenvalue weighted by Gasteiger charge is 2.30. The van der Waals surface area contributed by atoms with Crippen molar-refractivity contribution in [3.63, 3.8) is 0 Å². The van der Waals surface area contributed by atoms with Gasteiger partial charge in [-0.2, -0.15) is 8.78 Å². The van der Waals surface area contributed by atoms with Gasteiger partial charge in [-0.25, -0.2) is 5.48 Å². The second kappa shape index (κ2) is 6.62. The molecular weight excluding hydrogens is 280 g/mol. The van der Waals surface area contributed by atoms with Gasteiger partial charge in [-0.05, 0) is 36.8 Å². The van der Waals surface area contributed by atoms with Crippen molar-refractivity contribution in [1.82, 2.24) is 5.48 Å². The van der Waals surface area contributed by atoms with Crippen LogP contribution < -0.4 is 10.8 Å². The number of anilines is 1. The summed E-state index contributed by atoms with van der Waals surface area (Å²) in [5.74, 6) is -0.571. The smallest absolute Gasteiger partial charge is 0.312 e. The summed E-state index contributed by atoms with van der Waals surface area (Å²) in [5, 5.41) is 17.9. The number of hydrogen-bond acceptors (Lipinski definition) is 4. The molecule has 1 aromatic carbocycles. The van der Waals surface area contributed by atoms with Crippen molar-refractivity contribution in [2.45, 2.75) is 31.7 Å². The summed E-state index contributed by atoms with van der Waals surface area (Å²) in [4.78, 5) is 11.4. The third kappa shape index (κ3) is 3.55. The first-order chi connectivity index (χ1) is 10.0. The molecule has 1 unspecified atom stereocenters. The zero-order valence-corrected chi connectivity index (χ0v) is 11.3. The van der Waals surface area contributed by atoms with E-state index in [1.165, 1.54) is 0 Å². The molecule has 0 spiro atoms. The highest BCUT2D eigenvalue weighted by molar-refractivity contribution is 5.86. The minimum absolute atomic E-state index is 0.0882. The number of hydroxylamine groups is 1. The second-order valence-corrected chi connectivity index (χ2v) is 5.12. The lowest BCUT2D eigenvalue weighted by Gasteiger charge is -2.15. The molecule has 2 atom stereocenters. The first-order valence-electron chi connectivity index (χ1n) is 6.68. The van der Waals surface area contributed by atoms with Crippen LogP contribution in [-0.4, -0.2) is 23.9 Å². The highest BCUT2D eigenvalue weighted by Crippen LogP contribution is 2.39. The van der Waals surface area contributed by atoms with E-state index < -0.39 is 12.5 Å². The third-order valence-corrected chi connectivity index (χ3v) is 3.88. The molecule has 0 aliphatic heterocycles. The van der Waals surface area contributed by atoms with E-state index in [4.69, 9.17) is 10.6 Å². The van der Waals surface area contributed by atoms with Crippen LogP contribution in [0, 0.1) is 11.3 Å². The Balaban J connectivity index is 2.17. The van der Waals surface area contributed by atoms with E-state index in [2.05, 4.69) is 0 Å². The lowest BCUT2D eigenvalue weighted by molar-refractivity contribution is -0.133. The maximum Gasteiger partial charge on any atom is 0.312 e. The summed E-state index contributed by atoms with van der Waals surface area (Å²) < 4.78 is 25.0. The van der Waals surface area contributed by atoms with Gasteiger partial charge in [0.15, 0.2) is 0 Å². The molecular formula is C14H17F2N3O2. The Labute approximate surface area is 120 Å². The lowest BCUT2D eigenvalue weighted by atomic mass is 9.94. The highest BCUT2D eigenvalue weighted by atomic mass is 19.3. The Morgan fingerprint density at radius 3 is 2.81 bits per heavy atom. The Bertz CT molecular complexity index is 537. The predicted molar refractivity (Wildman–Crippen MR) is 74.0 cm³/mol. The van der Waals surface area contributed by atoms with Gasteiger partial charge in [0.2, 0.25) is 5.91 Å². The van der Waals surface area contributed by atoms with E-state index in [0.717, 1.165) is 18.2 Å². The van der Waals surface area contributed by atoms with E-state index in [1.54, 1.807) is 23.7 Å². The van der Waals surface area contributed by atoms with E-state index in [-0.39, 0.29) is 17.5 Å². The minimum Gasteiger partial charge on any atom is -0.329 e. The molecule has 1 amide bonds. The first-order valence-corrected chi connectivity index (χ1v) is 6.68. The largest absolute Gasteiger partial charge is 0.329 e. The van der Waals surface area contributed by atoms with Crippen molar-refractivity contribution in [2.24, 2.45) is 5.92 Å². The molecule has 0 radical (unpaired) electrons. The minimum atomic E-state index is -2.70. The second-order valence-electron chi connectivity index (χ2n) is 5.12. The van der Waals surface area contributed by atoms with Gasteiger partial charge in [-0.3, -0.25) is 10.0 Å². The van der Waals surface area contributed by atoms with Gasteiger partial charge in [0.1, 0.15) is 0 Å². The van der Waals surface area contributed by atoms with Crippen LogP contribution >= 0.6 is 0 Å². The van der Waals surface area contributed by atoms with Crippen molar-refractivity contribution in [2.75, 3.05) is 5.32 Å². The Morgan fingerprint density at radius 1 is 1.43 bits per heavy atom. The molecule has 21 heavy (non-hydrogen) atoms. The van der Waals surface area contributed by atoms with E-state index in [1.807, 2.05) is 5.32 Å². The monoisotopic (exact) mass is 297 g/mol. The van der Waals surface area contributed by atoms with Gasteiger partial charge in [-0.15, -0.1) is 0 Å². The number of nitrogens with one attached hydrogen (secondary N) is 3. The number of benzene rings is 1. The molecule has 1 aromatic rings. The van der Waals surface area contributed by atoms with Crippen LogP contribution in [0.1, 0.15) is 36.3 Å². The van der Waals surface area contributed by atoms with Gasteiger partial charge >= 0.3 is 6.55 Å². The summed E-state index contributed by atoms with van der Waals surface area (Å²) in [6, 6.07) is 5.02. The van der Waals surface area contributed by atoms with Gasteiger partial charge in [-0.1, -0.05) is 12.1 Å². The van der Waals surface area contributed by atoms with E-state index in [9.17, 15) is 13.6 Å². The number of rotatable bonds is 5. The summed E-state index contributed by atoms with van der Waals surface area (Å²) in [6.45, 7) is -2.70. The number of halogens is 2. The molecule has 0 bridgehead atoms. The summed E-state index contributed by atoms with van der Waals surface area (Å²) in [5.41, 5.74) is 3.12. The first kappa shape index (κ1) is 15.4. The topological polar surface area (TPSA) is 85.2 Å². The maximum absolute atomic E-state index is 12.5. The van der Waals surface area contributed by atoms with Crippen molar-refractivity contribution < 1.29 is 18.8 Å². The van der Waals surface area contributed by atoms with Gasteiger partial charge in [0.05, 0.1) is 0 Å². The average molecular weight is 297 g/mol. The predicted octanol–water partition coefficient (Wildman–Crippen LogP) is 2.71. The van der Waals surface area contributed by atoms with Gasteiger partial charge < -0.3 is 10.7 Å². The average Bonchev–Trinajstić information content (AvgIpc) is 2.95. The SMILES string of the molecule is N=Cc1ccc([C@H]2CCC(C(=O)NO)C2)cc1NC(F)F. The van der Waals surface area contributed by atoms with E-state index >= 15 is 0 Å². The quantitative estimate of drug-likeness (QED) is 0.292. The molecule has 1 aliphatic carbocycles. The van der Waals surface area contributed by atoms with Gasteiger partial charge in [0, 0.05) is 23.4 Å². The number of amides is 1. The molecule has 1 saturated carbocycles. The Morgan fingerprint density at radius 2 is 2.19 bits per heavy atom. The molecule has 0 aromatic heterocycles. The summed E-state index contributed by atoms with van der Waals surface area (Å²) in [6.07, 6.45) is 3.01.